The summed E-state index contributed by atoms with van der Waals surface area (Å²) in [6.07, 6.45) is 3.33. The first kappa shape index (κ1) is 15.7. The summed E-state index contributed by atoms with van der Waals surface area (Å²) in [6.45, 7) is 1.09. The fourth-order valence-corrected chi connectivity index (χ4v) is 2.14. The molecule has 1 fully saturated rings. The molecule has 1 aromatic carbocycles. The van der Waals surface area contributed by atoms with Crippen molar-refractivity contribution in [2.45, 2.75) is 18.9 Å². The average Bonchev–Trinajstić information content (AvgIpc) is 3.04. The van der Waals surface area contributed by atoms with Crippen LogP contribution in [0.15, 0.2) is 29.8 Å². The van der Waals surface area contributed by atoms with Gasteiger partial charge in [-0.15, -0.1) is 0 Å². The van der Waals surface area contributed by atoms with Crippen LogP contribution in [0.5, 0.6) is 0 Å². The molecule has 1 saturated heterocycles. The van der Waals surface area contributed by atoms with Gasteiger partial charge in [-0.25, -0.2) is 4.79 Å². The summed E-state index contributed by atoms with van der Waals surface area (Å²) in [4.78, 5) is 22.7. The van der Waals surface area contributed by atoms with Gasteiger partial charge in [-0.05, 0) is 36.6 Å². The molecule has 1 aliphatic rings. The average molecular weight is 300 g/mol. The van der Waals surface area contributed by atoms with Gasteiger partial charge >= 0.3 is 5.97 Å². The molecule has 6 nitrogen and oxygen atoms in total. The van der Waals surface area contributed by atoms with Gasteiger partial charge in [-0.3, -0.25) is 4.79 Å². The predicted octanol–water partition coefficient (Wildman–Crippen LogP) is 1.59. The molecule has 0 unspecified atom stereocenters. The molecule has 6 heteroatoms. The van der Waals surface area contributed by atoms with Gasteiger partial charge in [-0.1, -0.05) is 12.1 Å². The monoisotopic (exact) mass is 300 g/mol. The lowest BCUT2D eigenvalue weighted by atomic mass is 10.1. The number of hydrogen-bond acceptors (Lipinski definition) is 4. The molecule has 0 aliphatic carbocycles. The van der Waals surface area contributed by atoms with E-state index in [9.17, 15) is 9.59 Å². The Morgan fingerprint density at radius 2 is 2.14 bits per heavy atom. The SMILES string of the molecule is N#C/C(=C/c1ccc(C(=O)O)cc1)C(=O)NC[C@@H]1CCCO1. The third-order valence-corrected chi connectivity index (χ3v) is 3.35. The van der Waals surface area contributed by atoms with Crippen molar-refractivity contribution < 1.29 is 19.4 Å². The first-order valence-corrected chi connectivity index (χ1v) is 6.95. The number of nitrogens with one attached hydrogen (secondary N) is 1. The molecular weight excluding hydrogens is 284 g/mol. The fourth-order valence-electron chi connectivity index (χ4n) is 2.14. The number of carboxylic acids is 1. The molecule has 1 heterocycles. The van der Waals surface area contributed by atoms with Gasteiger partial charge in [0.2, 0.25) is 0 Å². The minimum Gasteiger partial charge on any atom is -0.478 e. The normalized spacial score (nSPS) is 17.8. The standard InChI is InChI=1S/C16H16N2O4/c17-9-13(15(19)18-10-14-2-1-7-22-14)8-11-3-5-12(6-4-11)16(20)21/h3-6,8,14H,1-2,7,10H2,(H,18,19)(H,20,21)/b13-8-/t14-/m0/s1. The lowest BCUT2D eigenvalue weighted by Gasteiger charge is -2.10. The Balaban J connectivity index is 2.01. The first-order valence-electron chi connectivity index (χ1n) is 6.95. The topological polar surface area (TPSA) is 99.4 Å². The zero-order valence-electron chi connectivity index (χ0n) is 11.9. The molecule has 0 bridgehead atoms. The first-order chi connectivity index (χ1) is 10.6. The number of rotatable bonds is 5. The molecule has 22 heavy (non-hydrogen) atoms. The molecule has 0 radical (unpaired) electrons. The predicted molar refractivity (Wildman–Crippen MR) is 79.0 cm³/mol. The Labute approximate surface area is 128 Å². The van der Waals surface area contributed by atoms with Crippen molar-refractivity contribution in [1.29, 1.82) is 5.26 Å². The Bertz CT molecular complexity index is 623. The van der Waals surface area contributed by atoms with Crippen LogP contribution in [0.4, 0.5) is 0 Å². The van der Waals surface area contributed by atoms with Gasteiger partial charge in [0, 0.05) is 13.2 Å². The van der Waals surface area contributed by atoms with Crippen LogP contribution in [-0.2, 0) is 9.53 Å². The third kappa shape index (κ3) is 4.17. The van der Waals surface area contributed by atoms with Crippen LogP contribution in [0.25, 0.3) is 6.08 Å². The van der Waals surface area contributed by atoms with E-state index in [2.05, 4.69) is 5.32 Å². The van der Waals surface area contributed by atoms with Gasteiger partial charge in [0.1, 0.15) is 11.6 Å². The Morgan fingerprint density at radius 1 is 1.41 bits per heavy atom. The van der Waals surface area contributed by atoms with E-state index in [1.165, 1.54) is 18.2 Å². The molecule has 1 amide bonds. The number of nitrogens with zero attached hydrogens (tertiary/aromatic N) is 1. The van der Waals surface area contributed by atoms with E-state index < -0.39 is 11.9 Å². The maximum Gasteiger partial charge on any atom is 0.335 e. The number of benzene rings is 1. The lowest BCUT2D eigenvalue weighted by molar-refractivity contribution is -0.117. The second kappa shape index (κ2) is 7.38. The summed E-state index contributed by atoms with van der Waals surface area (Å²) in [5.41, 5.74) is 0.716. The number of carbonyl (C=O) groups is 2. The van der Waals surface area contributed by atoms with Crippen molar-refractivity contribution in [3.8, 4) is 6.07 Å². The highest BCUT2D eigenvalue weighted by atomic mass is 16.5. The summed E-state index contributed by atoms with van der Waals surface area (Å²) >= 11 is 0. The van der Waals surface area contributed by atoms with E-state index in [0.717, 1.165) is 12.8 Å². The largest absolute Gasteiger partial charge is 0.478 e. The molecule has 0 saturated carbocycles. The number of ether oxygens (including phenoxy) is 1. The van der Waals surface area contributed by atoms with Crippen molar-refractivity contribution in [3.05, 3.63) is 41.0 Å². The summed E-state index contributed by atoms with van der Waals surface area (Å²) in [5, 5.41) is 20.6. The van der Waals surface area contributed by atoms with Crippen LogP contribution >= 0.6 is 0 Å². The Kier molecular flexibility index (Phi) is 5.28. The zero-order chi connectivity index (χ0) is 15.9. The van der Waals surface area contributed by atoms with Crippen LogP contribution in [0, 0.1) is 11.3 Å². The van der Waals surface area contributed by atoms with E-state index in [1.54, 1.807) is 12.1 Å². The zero-order valence-corrected chi connectivity index (χ0v) is 11.9. The minimum atomic E-state index is -1.02. The van der Waals surface area contributed by atoms with Crippen molar-refractivity contribution in [3.63, 3.8) is 0 Å². The number of amides is 1. The molecular formula is C16H16N2O4. The highest BCUT2D eigenvalue weighted by Gasteiger charge is 2.17. The Morgan fingerprint density at radius 3 is 2.68 bits per heavy atom. The van der Waals surface area contributed by atoms with E-state index >= 15 is 0 Å². The van der Waals surface area contributed by atoms with Crippen LogP contribution in [-0.4, -0.2) is 36.2 Å². The smallest absolute Gasteiger partial charge is 0.335 e. The van der Waals surface area contributed by atoms with E-state index in [-0.39, 0.29) is 17.2 Å². The molecule has 2 N–H and O–H groups in total. The lowest BCUT2D eigenvalue weighted by Crippen LogP contribution is -2.32. The maximum absolute atomic E-state index is 12.0. The van der Waals surface area contributed by atoms with Crippen molar-refractivity contribution in [2.75, 3.05) is 13.2 Å². The number of hydrogen-bond donors (Lipinski definition) is 2. The third-order valence-electron chi connectivity index (χ3n) is 3.35. The summed E-state index contributed by atoms with van der Waals surface area (Å²) < 4.78 is 5.40. The molecule has 2 rings (SSSR count). The second-order valence-electron chi connectivity index (χ2n) is 4.94. The summed E-state index contributed by atoms with van der Waals surface area (Å²) in [6, 6.07) is 7.80. The molecule has 0 spiro atoms. The second-order valence-corrected chi connectivity index (χ2v) is 4.94. The van der Waals surface area contributed by atoms with Crippen LogP contribution in [0.1, 0.15) is 28.8 Å². The van der Waals surface area contributed by atoms with Crippen molar-refractivity contribution in [2.24, 2.45) is 0 Å². The molecule has 1 aromatic rings. The van der Waals surface area contributed by atoms with E-state index in [1.807, 2.05) is 6.07 Å². The van der Waals surface area contributed by atoms with Gasteiger partial charge in [0.25, 0.3) is 5.91 Å². The van der Waals surface area contributed by atoms with Gasteiger partial charge < -0.3 is 15.2 Å². The number of aromatic carboxylic acids is 1. The maximum atomic E-state index is 12.0. The number of nitriles is 1. The Hall–Kier alpha value is -2.65. The molecule has 114 valence electrons. The van der Waals surface area contributed by atoms with E-state index in [4.69, 9.17) is 15.1 Å². The van der Waals surface area contributed by atoms with Crippen molar-refractivity contribution in [1.82, 2.24) is 5.32 Å². The van der Waals surface area contributed by atoms with Crippen LogP contribution < -0.4 is 5.32 Å². The highest BCUT2D eigenvalue weighted by molar-refractivity contribution is 6.01. The van der Waals surface area contributed by atoms with Gasteiger partial charge in [-0.2, -0.15) is 5.26 Å². The van der Waals surface area contributed by atoms with Crippen molar-refractivity contribution >= 4 is 18.0 Å². The molecule has 0 aromatic heterocycles. The van der Waals surface area contributed by atoms with Gasteiger partial charge in [0.15, 0.2) is 0 Å². The quantitative estimate of drug-likeness (QED) is 0.635. The van der Waals surface area contributed by atoms with Gasteiger partial charge in [0.05, 0.1) is 11.7 Å². The number of carboxylic acid groups (broad SMARTS) is 1. The summed E-state index contributed by atoms with van der Waals surface area (Å²) in [5.74, 6) is -1.48. The van der Waals surface area contributed by atoms with Crippen LogP contribution in [0.2, 0.25) is 0 Å². The van der Waals surface area contributed by atoms with E-state index in [0.29, 0.717) is 18.7 Å². The minimum absolute atomic E-state index is 0.0127. The highest BCUT2D eigenvalue weighted by Crippen LogP contribution is 2.12. The summed E-state index contributed by atoms with van der Waals surface area (Å²) in [7, 11) is 0. The fraction of sp³-hybridized carbons (Fsp3) is 0.312. The number of carbonyl (C=O) groups excluding carboxylic acids is 1. The van der Waals surface area contributed by atoms with Crippen LogP contribution in [0.3, 0.4) is 0 Å². The molecule has 1 aliphatic heterocycles. The molecule has 1 atom stereocenters.